The van der Waals surface area contributed by atoms with Gasteiger partial charge >= 0.3 is 0 Å². The Morgan fingerprint density at radius 3 is 2.34 bits per heavy atom. The number of nitrogens with zero attached hydrogens (tertiary/aromatic N) is 1. The molecule has 2 rings (SSSR count). The Labute approximate surface area is 201 Å². The fraction of sp³-hybridized carbons (Fsp3) is 0.619. The summed E-state index contributed by atoms with van der Waals surface area (Å²) in [5.74, 6) is -2.69. The van der Waals surface area contributed by atoms with E-state index in [2.05, 4.69) is 19.5 Å². The predicted molar refractivity (Wildman–Crippen MR) is 127 cm³/mol. The van der Waals surface area contributed by atoms with Crippen LogP contribution in [0.4, 0.5) is 14.5 Å². The summed E-state index contributed by atoms with van der Waals surface area (Å²) in [7, 11) is 1.66. The summed E-state index contributed by atoms with van der Waals surface area (Å²) in [6.07, 6.45) is -0.890. The van der Waals surface area contributed by atoms with Crippen LogP contribution in [-0.2, 0) is 9.59 Å². The van der Waals surface area contributed by atoms with Crippen molar-refractivity contribution in [1.82, 2.24) is 19.1 Å². The average Bonchev–Trinajstić information content (AvgIpc) is 3.17. The smallest absolute Gasteiger partial charge is 0.242 e. The highest BCUT2D eigenvalue weighted by Crippen LogP contribution is 2.30. The first-order valence-electron chi connectivity index (χ1n) is 10.4. The van der Waals surface area contributed by atoms with E-state index in [1.165, 1.54) is 6.07 Å². The molecule has 1 aliphatic heterocycles. The van der Waals surface area contributed by atoms with Crippen molar-refractivity contribution in [1.29, 1.82) is 0 Å². The van der Waals surface area contributed by atoms with Crippen molar-refractivity contribution >= 4 is 40.4 Å². The molecular weight excluding hydrogens is 535 g/mol. The number of anilines is 1. The normalized spacial score (nSPS) is 22.3. The third-order valence-electron chi connectivity index (χ3n) is 5.70. The molecule has 11 heteroatoms. The maximum atomic E-state index is 14.0. The number of amides is 2. The number of hydrogen-bond acceptors (Lipinski definition) is 6. The minimum Gasteiger partial charge on any atom is -0.376 e. The van der Waals surface area contributed by atoms with Crippen LogP contribution in [-0.4, -0.2) is 65.8 Å². The molecule has 8 nitrogen and oxygen atoms in total. The summed E-state index contributed by atoms with van der Waals surface area (Å²) in [6.45, 7) is 7.63. The van der Waals surface area contributed by atoms with Gasteiger partial charge in [-0.25, -0.2) is 8.78 Å². The summed E-state index contributed by atoms with van der Waals surface area (Å²) in [5, 5.41) is 19.3. The number of rotatable bonds is 8. The number of hydrogen-bond donors (Lipinski definition) is 5. The lowest BCUT2D eigenvalue weighted by Crippen LogP contribution is -2.61. The van der Waals surface area contributed by atoms with Crippen LogP contribution in [0.1, 0.15) is 34.1 Å². The lowest BCUT2D eigenvalue weighted by Gasteiger charge is -2.41. The van der Waals surface area contributed by atoms with Crippen LogP contribution in [0.3, 0.4) is 0 Å². The number of likely N-dealkylation sites (tertiary alicyclic amines) is 1. The van der Waals surface area contributed by atoms with Crippen molar-refractivity contribution in [2.75, 3.05) is 18.9 Å². The highest BCUT2D eigenvalue weighted by Gasteiger charge is 2.45. The standard InChI is InChI=1S/C21H32F2IN5O3/c1-11(25-5)18(30)27-17(21(2,3)4)20(32)29-10-12(28-24)9-15(29)19(31)26-16-13(22)7-6-8-14(16)23/h6-8,11-12,15,17,20,25,28,32H,9-10H2,1-5H3,(H,26,31)(H,27,30). The molecule has 1 fully saturated rings. The van der Waals surface area contributed by atoms with Gasteiger partial charge in [0.15, 0.2) is 0 Å². The predicted octanol–water partition coefficient (Wildman–Crippen LogP) is 1.74. The van der Waals surface area contributed by atoms with Gasteiger partial charge in [0.25, 0.3) is 0 Å². The van der Waals surface area contributed by atoms with Gasteiger partial charge in [-0.05, 0) is 37.9 Å². The van der Waals surface area contributed by atoms with E-state index in [0.717, 1.165) is 12.1 Å². The molecule has 5 N–H and O–H groups in total. The molecule has 0 aliphatic carbocycles. The van der Waals surface area contributed by atoms with Crippen molar-refractivity contribution in [3.8, 4) is 0 Å². The Balaban J connectivity index is 2.29. The topological polar surface area (TPSA) is 106 Å². The molecule has 1 heterocycles. The van der Waals surface area contributed by atoms with Gasteiger partial charge in [0.2, 0.25) is 11.8 Å². The van der Waals surface area contributed by atoms with Crippen molar-refractivity contribution in [3.05, 3.63) is 29.8 Å². The third-order valence-corrected chi connectivity index (χ3v) is 6.58. The number of para-hydroxylation sites is 1. The number of likely N-dealkylation sites (N-methyl/N-ethyl adjacent to an activating group) is 1. The van der Waals surface area contributed by atoms with Gasteiger partial charge in [-0.3, -0.25) is 18.0 Å². The number of carbonyl (C=O) groups is 2. The molecule has 0 radical (unpaired) electrons. The summed E-state index contributed by atoms with van der Waals surface area (Å²) in [5.41, 5.74) is -1.07. The van der Waals surface area contributed by atoms with Gasteiger partial charge in [0.1, 0.15) is 23.5 Å². The summed E-state index contributed by atoms with van der Waals surface area (Å²) < 4.78 is 31.2. The Morgan fingerprint density at radius 1 is 1.25 bits per heavy atom. The monoisotopic (exact) mass is 567 g/mol. The van der Waals surface area contributed by atoms with Crippen LogP contribution in [0.15, 0.2) is 18.2 Å². The molecule has 1 aliphatic rings. The minimum absolute atomic E-state index is 0.140. The molecule has 1 saturated heterocycles. The fourth-order valence-corrected chi connectivity index (χ4v) is 4.10. The maximum absolute atomic E-state index is 14.0. The lowest BCUT2D eigenvalue weighted by molar-refractivity contribution is -0.132. The van der Waals surface area contributed by atoms with Gasteiger partial charge in [0.05, 0.1) is 18.1 Å². The van der Waals surface area contributed by atoms with Crippen molar-refractivity contribution in [2.24, 2.45) is 5.41 Å². The first kappa shape index (κ1) is 26.8. The Hall–Kier alpha value is -1.41. The first-order valence-corrected chi connectivity index (χ1v) is 11.5. The first-order chi connectivity index (χ1) is 14.9. The molecule has 32 heavy (non-hydrogen) atoms. The van der Waals surface area contributed by atoms with Gasteiger partial charge in [0, 0.05) is 35.5 Å². The third kappa shape index (κ3) is 6.34. The van der Waals surface area contributed by atoms with Crippen LogP contribution in [0, 0.1) is 17.0 Å². The fourth-order valence-electron chi connectivity index (χ4n) is 3.65. The van der Waals surface area contributed by atoms with E-state index in [0.29, 0.717) is 13.0 Å². The molecule has 0 aromatic heterocycles. The van der Waals surface area contributed by atoms with E-state index < -0.39 is 53.0 Å². The highest BCUT2D eigenvalue weighted by atomic mass is 127. The molecule has 1 aromatic carbocycles. The molecule has 0 bridgehead atoms. The zero-order valence-electron chi connectivity index (χ0n) is 18.9. The number of aliphatic hydroxyl groups is 1. The number of benzene rings is 1. The Kier molecular flexibility index (Phi) is 9.35. The summed E-state index contributed by atoms with van der Waals surface area (Å²) in [4.78, 5) is 27.1. The average molecular weight is 567 g/mol. The second-order valence-electron chi connectivity index (χ2n) is 9.12. The van der Waals surface area contributed by atoms with E-state index in [1.807, 2.05) is 43.6 Å². The van der Waals surface area contributed by atoms with E-state index in [-0.39, 0.29) is 11.9 Å². The molecule has 0 saturated carbocycles. The van der Waals surface area contributed by atoms with Crippen molar-refractivity contribution < 1.29 is 23.5 Å². The quantitative estimate of drug-likeness (QED) is 0.242. The zero-order chi connectivity index (χ0) is 24.2. The van der Waals surface area contributed by atoms with Gasteiger partial charge in [-0.2, -0.15) is 0 Å². The van der Waals surface area contributed by atoms with Gasteiger partial charge < -0.3 is 21.1 Å². The van der Waals surface area contributed by atoms with Crippen molar-refractivity contribution in [3.63, 3.8) is 0 Å². The molecule has 2 amide bonds. The molecule has 5 atom stereocenters. The van der Waals surface area contributed by atoms with Gasteiger partial charge in [-0.15, -0.1) is 0 Å². The molecular formula is C21H32F2IN5O3. The van der Waals surface area contributed by atoms with Crippen LogP contribution >= 0.6 is 22.9 Å². The molecule has 5 unspecified atom stereocenters. The summed E-state index contributed by atoms with van der Waals surface area (Å²) >= 11 is 1.97. The van der Waals surface area contributed by atoms with Crippen LogP contribution in [0.25, 0.3) is 0 Å². The highest BCUT2D eigenvalue weighted by molar-refractivity contribution is 14.1. The van der Waals surface area contributed by atoms with E-state index >= 15 is 0 Å². The van der Waals surface area contributed by atoms with Gasteiger partial charge in [-0.1, -0.05) is 26.8 Å². The maximum Gasteiger partial charge on any atom is 0.242 e. The zero-order valence-corrected chi connectivity index (χ0v) is 21.0. The van der Waals surface area contributed by atoms with Crippen molar-refractivity contribution in [2.45, 2.75) is 64.5 Å². The van der Waals surface area contributed by atoms with E-state index in [9.17, 15) is 23.5 Å². The number of halogens is 3. The largest absolute Gasteiger partial charge is 0.376 e. The SMILES string of the molecule is CNC(C)C(=O)NC(C(O)N1CC(NI)CC1C(=O)Nc1c(F)cccc1F)C(C)(C)C. The van der Waals surface area contributed by atoms with Crippen LogP contribution in [0.2, 0.25) is 0 Å². The van der Waals surface area contributed by atoms with Crippen LogP contribution in [0.5, 0.6) is 0 Å². The molecule has 0 spiro atoms. The summed E-state index contributed by atoms with van der Waals surface area (Å²) in [6, 6.07) is 1.15. The Morgan fingerprint density at radius 2 is 1.84 bits per heavy atom. The van der Waals surface area contributed by atoms with Crippen LogP contribution < -0.4 is 19.5 Å². The second-order valence-corrected chi connectivity index (χ2v) is 9.74. The molecule has 1 aromatic rings. The Bertz CT molecular complexity index is 803. The van der Waals surface area contributed by atoms with E-state index in [1.54, 1.807) is 18.9 Å². The number of carbonyl (C=O) groups excluding carboxylic acids is 2. The number of nitrogens with one attached hydrogen (secondary N) is 4. The minimum atomic E-state index is -1.21. The second kappa shape index (κ2) is 11.1. The molecule has 180 valence electrons. The van der Waals surface area contributed by atoms with E-state index in [4.69, 9.17) is 0 Å². The number of aliphatic hydroxyl groups excluding tert-OH is 1. The lowest BCUT2D eigenvalue weighted by atomic mass is 9.84.